The first kappa shape index (κ1) is 16.8. The molecule has 0 unspecified atom stereocenters. The number of carbonyl (C=O) groups is 1. The van der Waals surface area contributed by atoms with Gasteiger partial charge in [-0.25, -0.2) is 0 Å². The van der Waals surface area contributed by atoms with E-state index in [1.807, 2.05) is 0 Å². The lowest BCUT2D eigenvalue weighted by Gasteiger charge is -2.20. The van der Waals surface area contributed by atoms with Crippen LogP contribution in [0.15, 0.2) is 30.9 Å². The maximum atomic E-state index is 11.9. The third-order valence-electron chi connectivity index (χ3n) is 2.55. The number of aliphatic hydroxyl groups is 1. The van der Waals surface area contributed by atoms with Crippen molar-refractivity contribution in [3.8, 4) is 5.75 Å². The van der Waals surface area contributed by atoms with Crippen molar-refractivity contribution in [3.63, 3.8) is 0 Å². The quantitative estimate of drug-likeness (QED) is 0.750. The van der Waals surface area contributed by atoms with E-state index in [9.17, 15) is 4.79 Å². The van der Waals surface area contributed by atoms with E-state index in [4.69, 9.17) is 33.0 Å². The second-order valence-electron chi connectivity index (χ2n) is 4.03. The molecular weight excluding hydrogens is 301 g/mol. The fourth-order valence-corrected chi connectivity index (χ4v) is 1.86. The Morgan fingerprint density at radius 1 is 1.40 bits per heavy atom. The molecule has 0 saturated carbocycles. The standard InChI is InChI=1S/C14H17Cl2NO3/c1-2-6-17(7-8-18)14(19)5-9-20-11-3-4-12(15)13(16)10-11/h2-4,10,18H,1,5-9H2. The summed E-state index contributed by atoms with van der Waals surface area (Å²) in [5.41, 5.74) is 0. The number of amides is 1. The number of hydrogen-bond donors (Lipinski definition) is 1. The molecule has 1 rings (SSSR count). The number of rotatable bonds is 8. The van der Waals surface area contributed by atoms with Crippen LogP contribution in [-0.2, 0) is 4.79 Å². The van der Waals surface area contributed by atoms with Gasteiger partial charge in [0, 0.05) is 19.2 Å². The summed E-state index contributed by atoms with van der Waals surface area (Å²) in [5.74, 6) is 0.462. The van der Waals surface area contributed by atoms with Crippen molar-refractivity contribution in [1.82, 2.24) is 4.90 Å². The van der Waals surface area contributed by atoms with Gasteiger partial charge in [-0.2, -0.15) is 0 Å². The van der Waals surface area contributed by atoms with E-state index >= 15 is 0 Å². The van der Waals surface area contributed by atoms with Gasteiger partial charge in [0.05, 0.1) is 29.7 Å². The van der Waals surface area contributed by atoms with Gasteiger partial charge in [0.15, 0.2) is 0 Å². The van der Waals surface area contributed by atoms with Crippen LogP contribution in [0.3, 0.4) is 0 Å². The smallest absolute Gasteiger partial charge is 0.226 e. The number of halogens is 2. The molecule has 0 atom stereocenters. The maximum absolute atomic E-state index is 11.9. The van der Waals surface area contributed by atoms with E-state index in [0.717, 1.165) is 0 Å². The number of carbonyl (C=O) groups excluding carboxylic acids is 1. The van der Waals surface area contributed by atoms with Crippen molar-refractivity contribution in [3.05, 3.63) is 40.9 Å². The Morgan fingerprint density at radius 3 is 2.75 bits per heavy atom. The van der Waals surface area contributed by atoms with E-state index in [-0.39, 0.29) is 32.1 Å². The van der Waals surface area contributed by atoms with E-state index in [0.29, 0.717) is 22.3 Å². The van der Waals surface area contributed by atoms with Gasteiger partial charge >= 0.3 is 0 Å². The Kier molecular flexibility index (Phi) is 7.44. The second kappa shape index (κ2) is 8.84. The molecule has 6 heteroatoms. The molecular formula is C14H17Cl2NO3. The molecule has 1 aromatic rings. The summed E-state index contributed by atoms with van der Waals surface area (Å²) in [7, 11) is 0. The maximum Gasteiger partial charge on any atom is 0.226 e. The highest BCUT2D eigenvalue weighted by Gasteiger charge is 2.11. The third kappa shape index (κ3) is 5.41. The number of hydrogen-bond acceptors (Lipinski definition) is 3. The van der Waals surface area contributed by atoms with Crippen LogP contribution in [-0.4, -0.2) is 42.2 Å². The molecule has 0 aliphatic heterocycles. The third-order valence-corrected chi connectivity index (χ3v) is 3.29. The van der Waals surface area contributed by atoms with Gasteiger partial charge in [0.1, 0.15) is 5.75 Å². The highest BCUT2D eigenvalue weighted by atomic mass is 35.5. The van der Waals surface area contributed by atoms with Crippen LogP contribution in [0.2, 0.25) is 10.0 Å². The van der Waals surface area contributed by atoms with Crippen LogP contribution in [0.4, 0.5) is 0 Å². The molecule has 1 aromatic carbocycles. The largest absolute Gasteiger partial charge is 0.493 e. The van der Waals surface area contributed by atoms with E-state index in [1.54, 1.807) is 24.3 Å². The summed E-state index contributed by atoms with van der Waals surface area (Å²) >= 11 is 11.7. The Hall–Kier alpha value is -1.23. The number of benzene rings is 1. The normalized spacial score (nSPS) is 10.2. The molecule has 0 fully saturated rings. The molecule has 0 radical (unpaired) electrons. The lowest BCUT2D eigenvalue weighted by Crippen LogP contribution is -2.34. The minimum Gasteiger partial charge on any atom is -0.493 e. The SMILES string of the molecule is C=CCN(CCO)C(=O)CCOc1ccc(Cl)c(Cl)c1. The molecule has 110 valence electrons. The molecule has 0 aromatic heterocycles. The lowest BCUT2D eigenvalue weighted by atomic mass is 10.3. The van der Waals surface area contributed by atoms with E-state index in [1.165, 1.54) is 4.90 Å². The number of nitrogens with zero attached hydrogens (tertiary/aromatic N) is 1. The summed E-state index contributed by atoms with van der Waals surface area (Å²) in [6, 6.07) is 4.92. The van der Waals surface area contributed by atoms with Crippen LogP contribution < -0.4 is 4.74 Å². The zero-order chi connectivity index (χ0) is 15.0. The summed E-state index contributed by atoms with van der Waals surface area (Å²) < 4.78 is 5.44. The topological polar surface area (TPSA) is 49.8 Å². The average molecular weight is 318 g/mol. The molecule has 0 saturated heterocycles. The van der Waals surface area contributed by atoms with Crippen molar-refractivity contribution in [2.75, 3.05) is 26.3 Å². The van der Waals surface area contributed by atoms with Gasteiger partial charge in [0.25, 0.3) is 0 Å². The molecule has 0 heterocycles. The van der Waals surface area contributed by atoms with Crippen LogP contribution >= 0.6 is 23.2 Å². The van der Waals surface area contributed by atoms with Crippen LogP contribution in [0, 0.1) is 0 Å². The van der Waals surface area contributed by atoms with E-state index in [2.05, 4.69) is 6.58 Å². The van der Waals surface area contributed by atoms with Gasteiger partial charge in [-0.15, -0.1) is 6.58 Å². The highest BCUT2D eigenvalue weighted by Crippen LogP contribution is 2.26. The minimum absolute atomic E-state index is 0.0762. The van der Waals surface area contributed by atoms with Crippen LogP contribution in [0.5, 0.6) is 5.75 Å². The summed E-state index contributed by atoms with van der Waals surface area (Å²) in [6.07, 6.45) is 1.83. The molecule has 1 amide bonds. The first-order valence-corrected chi connectivity index (χ1v) is 6.91. The molecule has 4 nitrogen and oxygen atoms in total. The zero-order valence-electron chi connectivity index (χ0n) is 11.0. The lowest BCUT2D eigenvalue weighted by molar-refractivity contribution is -0.131. The minimum atomic E-state index is -0.0981. The van der Waals surface area contributed by atoms with Crippen LogP contribution in [0.1, 0.15) is 6.42 Å². The summed E-state index contributed by atoms with van der Waals surface area (Å²) in [4.78, 5) is 13.4. The number of ether oxygens (including phenoxy) is 1. The van der Waals surface area contributed by atoms with Crippen molar-refractivity contribution in [2.45, 2.75) is 6.42 Å². The Labute approximate surface area is 128 Å². The number of aliphatic hydroxyl groups excluding tert-OH is 1. The molecule has 0 spiro atoms. The molecule has 20 heavy (non-hydrogen) atoms. The molecule has 1 N–H and O–H groups in total. The second-order valence-corrected chi connectivity index (χ2v) is 4.84. The Bertz CT molecular complexity index is 466. The molecule has 0 bridgehead atoms. The highest BCUT2D eigenvalue weighted by molar-refractivity contribution is 6.42. The Morgan fingerprint density at radius 2 is 2.15 bits per heavy atom. The summed E-state index contributed by atoms with van der Waals surface area (Å²) in [5, 5.41) is 9.75. The summed E-state index contributed by atoms with van der Waals surface area (Å²) in [6.45, 7) is 4.43. The predicted molar refractivity (Wildman–Crippen MR) is 80.4 cm³/mol. The van der Waals surface area contributed by atoms with Crippen LogP contribution in [0.25, 0.3) is 0 Å². The monoisotopic (exact) mass is 317 g/mol. The predicted octanol–water partition coefficient (Wildman–Crippen LogP) is 2.77. The van der Waals surface area contributed by atoms with Crippen molar-refractivity contribution in [1.29, 1.82) is 0 Å². The first-order chi connectivity index (χ1) is 9.58. The average Bonchev–Trinajstić information content (AvgIpc) is 2.42. The van der Waals surface area contributed by atoms with Crippen molar-refractivity contribution < 1.29 is 14.6 Å². The van der Waals surface area contributed by atoms with Gasteiger partial charge in [-0.05, 0) is 12.1 Å². The van der Waals surface area contributed by atoms with Crippen molar-refractivity contribution >= 4 is 29.1 Å². The fourth-order valence-electron chi connectivity index (χ4n) is 1.58. The van der Waals surface area contributed by atoms with Gasteiger partial charge in [-0.3, -0.25) is 4.79 Å². The van der Waals surface area contributed by atoms with Gasteiger partial charge < -0.3 is 14.7 Å². The fraction of sp³-hybridized carbons (Fsp3) is 0.357. The first-order valence-electron chi connectivity index (χ1n) is 6.16. The van der Waals surface area contributed by atoms with E-state index < -0.39 is 0 Å². The van der Waals surface area contributed by atoms with Gasteiger partial charge in [0.2, 0.25) is 5.91 Å². The molecule has 0 aliphatic carbocycles. The van der Waals surface area contributed by atoms with Crippen molar-refractivity contribution in [2.24, 2.45) is 0 Å². The zero-order valence-corrected chi connectivity index (χ0v) is 12.5. The molecule has 0 aliphatic rings. The van der Waals surface area contributed by atoms with Gasteiger partial charge in [-0.1, -0.05) is 29.3 Å². The Balaban J connectivity index is 2.43.